The Balaban J connectivity index is 1.71. The first-order valence-electron chi connectivity index (χ1n) is 5.05. The van der Waals surface area contributed by atoms with Crippen LogP contribution >= 0.6 is 27.7 Å². The molecular formula is C11H11BrN2O2S. The van der Waals surface area contributed by atoms with Gasteiger partial charge >= 0.3 is 0 Å². The van der Waals surface area contributed by atoms with Gasteiger partial charge in [-0.1, -0.05) is 27.7 Å². The van der Waals surface area contributed by atoms with Gasteiger partial charge in [0.05, 0.1) is 6.61 Å². The van der Waals surface area contributed by atoms with Crippen LogP contribution in [0.4, 0.5) is 0 Å². The number of halogens is 1. The molecule has 1 heterocycles. The lowest BCUT2D eigenvalue weighted by Gasteiger charge is -2.04. The molecule has 0 spiro atoms. The summed E-state index contributed by atoms with van der Waals surface area (Å²) in [6.45, 7) is 2.38. The standard InChI is InChI=1S/C11H11BrN2O2S/c1-8-13-14-11(16-8)17-7-6-15-10-4-2-9(12)3-5-10/h2-5H,6-7H2,1H3. The van der Waals surface area contributed by atoms with Gasteiger partial charge in [0.1, 0.15) is 5.75 Å². The van der Waals surface area contributed by atoms with Crippen molar-refractivity contribution in [2.45, 2.75) is 12.1 Å². The largest absolute Gasteiger partial charge is 0.493 e. The molecule has 1 aromatic carbocycles. The van der Waals surface area contributed by atoms with E-state index in [9.17, 15) is 0 Å². The number of aryl methyl sites for hydroxylation is 1. The van der Waals surface area contributed by atoms with Crippen molar-refractivity contribution in [2.24, 2.45) is 0 Å². The third kappa shape index (κ3) is 4.05. The predicted octanol–water partition coefficient (Wildman–Crippen LogP) is 3.31. The molecule has 2 aromatic rings. The Hall–Kier alpha value is -1.01. The second-order valence-electron chi connectivity index (χ2n) is 3.24. The number of hydrogen-bond donors (Lipinski definition) is 0. The number of aromatic nitrogens is 2. The second-order valence-corrected chi connectivity index (χ2v) is 5.20. The molecule has 0 bridgehead atoms. The van der Waals surface area contributed by atoms with Crippen LogP contribution in [0.5, 0.6) is 5.75 Å². The van der Waals surface area contributed by atoms with E-state index >= 15 is 0 Å². The van der Waals surface area contributed by atoms with Crippen molar-refractivity contribution in [1.82, 2.24) is 10.2 Å². The molecule has 0 saturated heterocycles. The number of thioether (sulfide) groups is 1. The molecule has 0 amide bonds. The number of nitrogens with zero attached hydrogens (tertiary/aromatic N) is 2. The van der Waals surface area contributed by atoms with Gasteiger partial charge in [-0.15, -0.1) is 10.2 Å². The highest BCUT2D eigenvalue weighted by Gasteiger charge is 2.02. The monoisotopic (exact) mass is 314 g/mol. The van der Waals surface area contributed by atoms with Gasteiger partial charge in [-0.25, -0.2) is 0 Å². The summed E-state index contributed by atoms with van der Waals surface area (Å²) in [7, 11) is 0. The zero-order valence-electron chi connectivity index (χ0n) is 9.22. The topological polar surface area (TPSA) is 48.2 Å². The number of hydrogen-bond acceptors (Lipinski definition) is 5. The summed E-state index contributed by atoms with van der Waals surface area (Å²) in [4.78, 5) is 0. The van der Waals surface area contributed by atoms with Crippen LogP contribution in [0.2, 0.25) is 0 Å². The SMILES string of the molecule is Cc1nnc(SCCOc2ccc(Br)cc2)o1. The molecule has 1 aromatic heterocycles. The lowest BCUT2D eigenvalue weighted by Crippen LogP contribution is -1.99. The maximum atomic E-state index is 5.56. The summed E-state index contributed by atoms with van der Waals surface area (Å²) in [6, 6.07) is 7.74. The van der Waals surface area contributed by atoms with Crippen LogP contribution < -0.4 is 4.74 Å². The second kappa shape index (κ2) is 6.07. The van der Waals surface area contributed by atoms with Gasteiger partial charge in [-0.2, -0.15) is 0 Å². The fourth-order valence-corrected chi connectivity index (χ4v) is 2.04. The van der Waals surface area contributed by atoms with Gasteiger partial charge in [-0.05, 0) is 24.3 Å². The zero-order chi connectivity index (χ0) is 12.1. The average Bonchev–Trinajstić information content (AvgIpc) is 2.73. The van der Waals surface area contributed by atoms with Gasteiger partial charge in [0.25, 0.3) is 5.22 Å². The van der Waals surface area contributed by atoms with Crippen LogP contribution in [-0.2, 0) is 0 Å². The Labute approximate surface area is 112 Å². The van der Waals surface area contributed by atoms with Gasteiger partial charge < -0.3 is 9.15 Å². The Bertz CT molecular complexity index is 473. The molecule has 90 valence electrons. The lowest BCUT2D eigenvalue weighted by molar-refractivity contribution is 0.343. The minimum absolute atomic E-state index is 0.585. The van der Waals surface area contributed by atoms with Crippen LogP contribution in [0.3, 0.4) is 0 Å². The number of rotatable bonds is 5. The van der Waals surface area contributed by atoms with Crippen molar-refractivity contribution in [3.63, 3.8) is 0 Å². The number of benzene rings is 1. The van der Waals surface area contributed by atoms with E-state index in [2.05, 4.69) is 26.1 Å². The molecule has 0 radical (unpaired) electrons. The fourth-order valence-electron chi connectivity index (χ4n) is 1.16. The highest BCUT2D eigenvalue weighted by Crippen LogP contribution is 2.18. The molecular weight excluding hydrogens is 304 g/mol. The minimum atomic E-state index is 0.585. The third-order valence-electron chi connectivity index (χ3n) is 1.90. The van der Waals surface area contributed by atoms with Crippen LogP contribution in [-0.4, -0.2) is 22.6 Å². The smallest absolute Gasteiger partial charge is 0.276 e. The van der Waals surface area contributed by atoms with E-state index in [0.717, 1.165) is 16.0 Å². The van der Waals surface area contributed by atoms with E-state index in [0.29, 0.717) is 17.7 Å². The van der Waals surface area contributed by atoms with E-state index in [4.69, 9.17) is 9.15 Å². The van der Waals surface area contributed by atoms with Gasteiger partial charge in [-0.3, -0.25) is 0 Å². The van der Waals surface area contributed by atoms with Gasteiger partial charge in [0.2, 0.25) is 5.89 Å². The lowest BCUT2D eigenvalue weighted by atomic mass is 10.3. The Morgan fingerprint density at radius 2 is 2.06 bits per heavy atom. The maximum Gasteiger partial charge on any atom is 0.276 e. The summed E-state index contributed by atoms with van der Waals surface area (Å²) in [6.07, 6.45) is 0. The van der Waals surface area contributed by atoms with E-state index in [1.165, 1.54) is 11.8 Å². The molecule has 17 heavy (non-hydrogen) atoms. The van der Waals surface area contributed by atoms with Crippen LogP contribution in [0.25, 0.3) is 0 Å². The first kappa shape index (κ1) is 12.4. The molecule has 0 unspecified atom stereocenters. The first-order chi connectivity index (χ1) is 8.24. The van der Waals surface area contributed by atoms with Crippen molar-refractivity contribution in [3.05, 3.63) is 34.6 Å². The van der Waals surface area contributed by atoms with E-state index < -0.39 is 0 Å². The van der Waals surface area contributed by atoms with Crippen molar-refractivity contribution in [3.8, 4) is 5.75 Å². The van der Waals surface area contributed by atoms with Crippen molar-refractivity contribution in [2.75, 3.05) is 12.4 Å². The number of ether oxygens (including phenoxy) is 1. The van der Waals surface area contributed by atoms with Crippen molar-refractivity contribution in [1.29, 1.82) is 0 Å². The summed E-state index contributed by atoms with van der Waals surface area (Å²) in [5.41, 5.74) is 0. The van der Waals surface area contributed by atoms with Gasteiger partial charge in [0, 0.05) is 17.1 Å². The normalized spacial score (nSPS) is 10.5. The molecule has 0 N–H and O–H groups in total. The molecule has 0 atom stereocenters. The summed E-state index contributed by atoms with van der Waals surface area (Å²) >= 11 is 4.86. The van der Waals surface area contributed by atoms with Crippen LogP contribution in [0.1, 0.15) is 5.89 Å². The van der Waals surface area contributed by atoms with E-state index in [1.54, 1.807) is 6.92 Å². The van der Waals surface area contributed by atoms with Crippen LogP contribution in [0.15, 0.2) is 38.4 Å². The summed E-state index contributed by atoms with van der Waals surface area (Å²) < 4.78 is 11.8. The molecule has 2 rings (SSSR count). The van der Waals surface area contributed by atoms with Crippen LogP contribution in [0, 0.1) is 6.92 Å². The Morgan fingerprint density at radius 3 is 2.71 bits per heavy atom. The zero-order valence-corrected chi connectivity index (χ0v) is 11.6. The van der Waals surface area contributed by atoms with E-state index in [1.807, 2.05) is 24.3 Å². The maximum absolute atomic E-state index is 5.56. The fraction of sp³-hybridized carbons (Fsp3) is 0.273. The first-order valence-corrected chi connectivity index (χ1v) is 6.83. The van der Waals surface area contributed by atoms with E-state index in [-0.39, 0.29) is 0 Å². The minimum Gasteiger partial charge on any atom is -0.493 e. The quantitative estimate of drug-likeness (QED) is 0.626. The molecule has 0 fully saturated rings. The molecule has 4 nitrogen and oxygen atoms in total. The summed E-state index contributed by atoms with van der Waals surface area (Å²) in [5, 5.41) is 8.22. The molecule has 6 heteroatoms. The average molecular weight is 315 g/mol. The Kier molecular flexibility index (Phi) is 4.44. The highest BCUT2D eigenvalue weighted by molar-refractivity contribution is 9.10. The van der Waals surface area contributed by atoms with Crippen molar-refractivity contribution >= 4 is 27.7 Å². The Morgan fingerprint density at radius 1 is 1.29 bits per heavy atom. The highest BCUT2D eigenvalue weighted by atomic mass is 79.9. The molecule has 0 saturated carbocycles. The predicted molar refractivity (Wildman–Crippen MR) is 69.4 cm³/mol. The molecule has 0 aliphatic carbocycles. The molecule has 0 aliphatic rings. The van der Waals surface area contributed by atoms with Gasteiger partial charge in [0.15, 0.2) is 0 Å². The summed E-state index contributed by atoms with van der Waals surface area (Å²) in [5.74, 6) is 2.22. The third-order valence-corrected chi connectivity index (χ3v) is 3.21. The molecule has 0 aliphatic heterocycles. The van der Waals surface area contributed by atoms with Crippen molar-refractivity contribution < 1.29 is 9.15 Å².